The molecule has 1 N–H and O–H groups in total. The van der Waals surface area contributed by atoms with Gasteiger partial charge in [0, 0.05) is 0 Å². The van der Waals surface area contributed by atoms with E-state index in [-0.39, 0.29) is 29.8 Å². The predicted molar refractivity (Wildman–Crippen MR) is 74.3 cm³/mol. The quantitative estimate of drug-likeness (QED) is 0.755. The van der Waals surface area contributed by atoms with E-state index in [1.54, 1.807) is 13.8 Å². The van der Waals surface area contributed by atoms with Crippen LogP contribution >= 0.6 is 12.4 Å². The van der Waals surface area contributed by atoms with Crippen molar-refractivity contribution in [3.8, 4) is 0 Å². The number of hydrogen-bond donors (Lipinski definition) is 1. The van der Waals surface area contributed by atoms with Crippen molar-refractivity contribution >= 4 is 24.3 Å². The molecule has 1 aliphatic heterocycles. The minimum atomic E-state index is -0.288. The molecule has 1 aliphatic rings. The Balaban J connectivity index is 0.00000324. The number of piperidine rings is 1. The van der Waals surface area contributed by atoms with E-state index in [0.717, 1.165) is 25.9 Å². The monoisotopic (exact) mass is 293 g/mol. The summed E-state index contributed by atoms with van der Waals surface area (Å²) in [6.45, 7) is 6.01. The summed E-state index contributed by atoms with van der Waals surface area (Å²) in [4.78, 5) is 23.3. The molecule has 1 rings (SSSR count). The van der Waals surface area contributed by atoms with Gasteiger partial charge in [0.15, 0.2) is 0 Å². The maximum absolute atomic E-state index is 11.7. The number of rotatable bonds is 6. The van der Waals surface area contributed by atoms with Crippen molar-refractivity contribution in [1.82, 2.24) is 5.32 Å². The molecule has 6 heteroatoms. The van der Waals surface area contributed by atoms with Crippen LogP contribution in [0.15, 0.2) is 0 Å². The number of carbonyl (C=O) groups excluding carboxylic acids is 2. The van der Waals surface area contributed by atoms with Crippen LogP contribution < -0.4 is 5.32 Å². The lowest BCUT2D eigenvalue weighted by atomic mass is 9.73. The zero-order chi connectivity index (χ0) is 13.4. The van der Waals surface area contributed by atoms with E-state index < -0.39 is 0 Å². The fraction of sp³-hybridized carbons (Fsp3) is 0.846. The lowest BCUT2D eigenvalue weighted by Gasteiger charge is -2.36. The molecule has 0 aromatic rings. The largest absolute Gasteiger partial charge is 0.466 e. The van der Waals surface area contributed by atoms with Gasteiger partial charge in [0.25, 0.3) is 0 Å². The van der Waals surface area contributed by atoms with Crippen LogP contribution in [0.4, 0.5) is 0 Å². The van der Waals surface area contributed by atoms with Crippen LogP contribution in [0, 0.1) is 5.41 Å². The molecule has 19 heavy (non-hydrogen) atoms. The van der Waals surface area contributed by atoms with E-state index in [9.17, 15) is 9.59 Å². The molecule has 0 aromatic heterocycles. The van der Waals surface area contributed by atoms with Crippen molar-refractivity contribution in [3.63, 3.8) is 0 Å². The first-order valence-corrected chi connectivity index (χ1v) is 6.64. The highest BCUT2D eigenvalue weighted by molar-refractivity contribution is 5.85. The first-order valence-electron chi connectivity index (χ1n) is 6.64. The SMILES string of the molecule is CCOC(=O)CC1(CC(=O)OCC)CCNCC1.Cl. The molecule has 0 bridgehead atoms. The molecule has 0 saturated carbocycles. The number of hydrogen-bond acceptors (Lipinski definition) is 5. The van der Waals surface area contributed by atoms with Crippen LogP contribution in [0.2, 0.25) is 0 Å². The Hall–Kier alpha value is -0.810. The summed E-state index contributed by atoms with van der Waals surface area (Å²) in [7, 11) is 0. The summed E-state index contributed by atoms with van der Waals surface area (Å²) in [6, 6.07) is 0. The van der Waals surface area contributed by atoms with E-state index in [2.05, 4.69) is 5.32 Å². The second-order valence-electron chi connectivity index (χ2n) is 4.71. The molecule has 0 amide bonds. The van der Waals surface area contributed by atoms with Crippen LogP contribution in [0.25, 0.3) is 0 Å². The summed E-state index contributed by atoms with van der Waals surface area (Å²) >= 11 is 0. The van der Waals surface area contributed by atoms with Crippen LogP contribution in [-0.2, 0) is 19.1 Å². The molecule has 5 nitrogen and oxygen atoms in total. The molecule has 0 atom stereocenters. The molecule has 1 heterocycles. The number of halogens is 1. The smallest absolute Gasteiger partial charge is 0.306 e. The molecule has 0 aromatic carbocycles. The normalized spacial score (nSPS) is 17.2. The molecule has 0 unspecified atom stereocenters. The fourth-order valence-electron chi connectivity index (χ4n) is 2.41. The third kappa shape index (κ3) is 6.25. The minimum Gasteiger partial charge on any atom is -0.466 e. The Kier molecular flexibility index (Phi) is 8.76. The first-order chi connectivity index (χ1) is 8.62. The van der Waals surface area contributed by atoms with Gasteiger partial charge in [0.05, 0.1) is 26.1 Å². The van der Waals surface area contributed by atoms with Gasteiger partial charge in [-0.2, -0.15) is 0 Å². The van der Waals surface area contributed by atoms with E-state index in [1.807, 2.05) is 0 Å². The Labute approximate surface area is 120 Å². The van der Waals surface area contributed by atoms with E-state index >= 15 is 0 Å². The van der Waals surface area contributed by atoms with E-state index in [4.69, 9.17) is 9.47 Å². The van der Waals surface area contributed by atoms with Gasteiger partial charge in [-0.1, -0.05) is 0 Å². The highest BCUT2D eigenvalue weighted by Gasteiger charge is 2.37. The van der Waals surface area contributed by atoms with Crippen LogP contribution in [0.1, 0.15) is 39.5 Å². The fourth-order valence-corrected chi connectivity index (χ4v) is 2.41. The van der Waals surface area contributed by atoms with Gasteiger partial charge >= 0.3 is 11.9 Å². The van der Waals surface area contributed by atoms with Gasteiger partial charge in [0.1, 0.15) is 0 Å². The predicted octanol–water partition coefficient (Wildman–Crippen LogP) is 1.68. The zero-order valence-corrected chi connectivity index (χ0v) is 12.5. The average molecular weight is 294 g/mol. The topological polar surface area (TPSA) is 64.6 Å². The Morgan fingerprint density at radius 3 is 1.79 bits per heavy atom. The highest BCUT2D eigenvalue weighted by Crippen LogP contribution is 2.37. The summed E-state index contributed by atoms with van der Waals surface area (Å²) in [5, 5.41) is 3.25. The second-order valence-corrected chi connectivity index (χ2v) is 4.71. The van der Waals surface area contributed by atoms with Crippen molar-refractivity contribution < 1.29 is 19.1 Å². The molecule has 0 spiro atoms. The van der Waals surface area contributed by atoms with Gasteiger partial charge in [-0.25, -0.2) is 0 Å². The van der Waals surface area contributed by atoms with Crippen molar-refractivity contribution in [2.45, 2.75) is 39.5 Å². The molecular weight excluding hydrogens is 270 g/mol. The van der Waals surface area contributed by atoms with Crippen LogP contribution in [0.3, 0.4) is 0 Å². The Morgan fingerprint density at radius 1 is 1.00 bits per heavy atom. The minimum absolute atomic E-state index is 0. The van der Waals surface area contributed by atoms with Crippen LogP contribution in [-0.4, -0.2) is 38.2 Å². The van der Waals surface area contributed by atoms with Crippen molar-refractivity contribution in [3.05, 3.63) is 0 Å². The average Bonchev–Trinajstić information content (AvgIpc) is 2.30. The molecule has 1 fully saturated rings. The molecule has 0 aliphatic carbocycles. The highest BCUT2D eigenvalue weighted by atomic mass is 35.5. The molecular formula is C13H24ClNO4. The van der Waals surface area contributed by atoms with Gasteiger partial charge in [0.2, 0.25) is 0 Å². The lowest BCUT2D eigenvalue weighted by molar-refractivity contribution is -0.151. The van der Waals surface area contributed by atoms with Crippen molar-refractivity contribution in [2.75, 3.05) is 26.3 Å². The number of ether oxygens (including phenoxy) is 2. The van der Waals surface area contributed by atoms with Crippen molar-refractivity contribution in [1.29, 1.82) is 0 Å². The first kappa shape index (κ1) is 18.2. The molecule has 1 saturated heterocycles. The maximum atomic E-state index is 11.7. The maximum Gasteiger partial charge on any atom is 0.306 e. The summed E-state index contributed by atoms with van der Waals surface area (Å²) in [5.74, 6) is -0.438. The van der Waals surface area contributed by atoms with Gasteiger partial charge in [-0.05, 0) is 45.2 Å². The van der Waals surface area contributed by atoms with E-state index in [0.29, 0.717) is 26.1 Å². The number of carbonyl (C=O) groups is 2. The van der Waals surface area contributed by atoms with E-state index in [1.165, 1.54) is 0 Å². The zero-order valence-electron chi connectivity index (χ0n) is 11.7. The van der Waals surface area contributed by atoms with Gasteiger partial charge < -0.3 is 14.8 Å². The molecule has 112 valence electrons. The number of nitrogens with one attached hydrogen (secondary N) is 1. The Bertz CT molecular complexity index is 268. The van der Waals surface area contributed by atoms with Gasteiger partial charge in [-0.3, -0.25) is 9.59 Å². The third-order valence-electron chi connectivity index (χ3n) is 3.31. The lowest BCUT2D eigenvalue weighted by Crippen LogP contribution is -2.40. The van der Waals surface area contributed by atoms with Crippen LogP contribution in [0.5, 0.6) is 0 Å². The standard InChI is InChI=1S/C13H23NO4.ClH/c1-3-17-11(15)9-13(5-7-14-8-6-13)10-12(16)18-4-2;/h14H,3-10H2,1-2H3;1H. The van der Waals surface area contributed by atoms with Crippen molar-refractivity contribution in [2.24, 2.45) is 5.41 Å². The summed E-state index contributed by atoms with van der Waals surface area (Å²) in [5.41, 5.74) is -0.288. The summed E-state index contributed by atoms with van der Waals surface area (Å²) in [6.07, 6.45) is 2.23. The third-order valence-corrected chi connectivity index (χ3v) is 3.31. The van der Waals surface area contributed by atoms with Gasteiger partial charge in [-0.15, -0.1) is 12.4 Å². The second kappa shape index (κ2) is 9.15. The Morgan fingerprint density at radius 2 is 1.42 bits per heavy atom. The number of esters is 2. The molecule has 0 radical (unpaired) electrons. The summed E-state index contributed by atoms with van der Waals surface area (Å²) < 4.78 is 10.00.